The Labute approximate surface area is 201 Å². The Balaban J connectivity index is 1.31. The minimum Gasteiger partial charge on any atom is -0.373 e. The third-order valence-electron chi connectivity index (χ3n) is 6.23. The molecule has 2 aliphatic heterocycles. The van der Waals surface area contributed by atoms with Crippen LogP contribution >= 0.6 is 0 Å². The first-order valence-corrected chi connectivity index (χ1v) is 12.9. The van der Waals surface area contributed by atoms with Gasteiger partial charge in [-0.3, -0.25) is 9.69 Å². The molecule has 4 rings (SSSR count). The summed E-state index contributed by atoms with van der Waals surface area (Å²) in [5.74, 6) is -0.263. The van der Waals surface area contributed by atoms with Crippen LogP contribution in [0.5, 0.6) is 0 Å². The summed E-state index contributed by atoms with van der Waals surface area (Å²) in [4.78, 5) is 19.1. The van der Waals surface area contributed by atoms with Crippen LogP contribution in [-0.2, 0) is 21.4 Å². The summed E-state index contributed by atoms with van der Waals surface area (Å²) in [5.41, 5.74) is 1.34. The van der Waals surface area contributed by atoms with Crippen LogP contribution in [0.3, 0.4) is 0 Å². The van der Waals surface area contributed by atoms with Gasteiger partial charge >= 0.3 is 0 Å². The zero-order chi connectivity index (χ0) is 24.0. The SMILES string of the molecule is N#C/C(=C/N1CCN(S(=O)(=O)c2ccccc2)CC1)C(=O)N1CCN(Cc2ccccc2)CC1. The van der Waals surface area contributed by atoms with E-state index in [1.54, 1.807) is 41.4 Å². The first-order chi connectivity index (χ1) is 16.5. The molecule has 2 aromatic carbocycles. The summed E-state index contributed by atoms with van der Waals surface area (Å²) in [7, 11) is -3.54. The molecule has 0 aliphatic carbocycles. The van der Waals surface area contributed by atoms with Crippen molar-refractivity contribution in [1.29, 1.82) is 5.26 Å². The molecule has 1 amide bonds. The van der Waals surface area contributed by atoms with Gasteiger partial charge in [-0.15, -0.1) is 0 Å². The zero-order valence-electron chi connectivity index (χ0n) is 19.1. The molecular weight excluding hydrogens is 450 g/mol. The van der Waals surface area contributed by atoms with Gasteiger partial charge in [-0.25, -0.2) is 8.42 Å². The molecule has 9 heteroatoms. The van der Waals surface area contributed by atoms with Crippen molar-refractivity contribution >= 4 is 15.9 Å². The average Bonchev–Trinajstić information content (AvgIpc) is 2.89. The molecule has 2 aliphatic rings. The number of piperazine rings is 2. The summed E-state index contributed by atoms with van der Waals surface area (Å²) in [6.07, 6.45) is 1.59. The van der Waals surface area contributed by atoms with Crippen LogP contribution in [0.15, 0.2) is 77.3 Å². The first kappa shape index (κ1) is 24.0. The Hall–Kier alpha value is -3.19. The number of rotatable bonds is 6. The number of amides is 1. The molecule has 0 aromatic heterocycles. The molecule has 2 fully saturated rings. The van der Waals surface area contributed by atoms with E-state index in [4.69, 9.17) is 0 Å². The van der Waals surface area contributed by atoms with Crippen LogP contribution in [0, 0.1) is 11.3 Å². The fourth-order valence-corrected chi connectivity index (χ4v) is 5.69. The lowest BCUT2D eigenvalue weighted by Gasteiger charge is -2.35. The Bertz CT molecular complexity index is 1150. The van der Waals surface area contributed by atoms with Crippen LogP contribution in [0.25, 0.3) is 0 Å². The van der Waals surface area contributed by atoms with Crippen molar-refractivity contribution in [2.45, 2.75) is 11.4 Å². The molecule has 2 saturated heterocycles. The van der Waals surface area contributed by atoms with Crippen LogP contribution < -0.4 is 0 Å². The minimum absolute atomic E-state index is 0.0934. The fraction of sp³-hybridized carbons (Fsp3) is 0.360. The van der Waals surface area contributed by atoms with Crippen molar-refractivity contribution in [1.82, 2.24) is 19.0 Å². The molecule has 0 atom stereocenters. The largest absolute Gasteiger partial charge is 0.373 e. The van der Waals surface area contributed by atoms with Crippen LogP contribution in [0.1, 0.15) is 5.56 Å². The maximum Gasteiger partial charge on any atom is 0.266 e. The second-order valence-electron chi connectivity index (χ2n) is 8.46. The van der Waals surface area contributed by atoms with Crippen molar-refractivity contribution in [3.05, 3.63) is 78.0 Å². The van der Waals surface area contributed by atoms with Crippen LogP contribution in [0.4, 0.5) is 0 Å². The van der Waals surface area contributed by atoms with Gasteiger partial charge in [0.15, 0.2) is 0 Å². The summed E-state index contributed by atoms with van der Waals surface area (Å²) in [6.45, 7) is 4.98. The lowest BCUT2D eigenvalue weighted by Crippen LogP contribution is -2.49. The predicted octanol–water partition coefficient (Wildman–Crippen LogP) is 1.74. The normalized spacial score (nSPS) is 18.5. The van der Waals surface area contributed by atoms with E-state index >= 15 is 0 Å². The molecule has 178 valence electrons. The van der Waals surface area contributed by atoms with E-state index in [1.807, 2.05) is 29.2 Å². The number of carbonyl (C=O) groups is 1. The van der Waals surface area contributed by atoms with Crippen molar-refractivity contribution in [2.75, 3.05) is 52.4 Å². The highest BCUT2D eigenvalue weighted by Crippen LogP contribution is 2.18. The summed E-state index contributed by atoms with van der Waals surface area (Å²) in [6, 6.07) is 20.7. The number of nitrogens with zero attached hydrogens (tertiary/aromatic N) is 5. The van der Waals surface area contributed by atoms with E-state index in [9.17, 15) is 18.5 Å². The summed E-state index contributed by atoms with van der Waals surface area (Å²) in [5, 5.41) is 9.63. The Morgan fingerprint density at radius 2 is 1.44 bits per heavy atom. The number of hydrogen-bond donors (Lipinski definition) is 0. The zero-order valence-corrected chi connectivity index (χ0v) is 19.9. The number of hydrogen-bond acceptors (Lipinski definition) is 6. The van der Waals surface area contributed by atoms with E-state index in [2.05, 4.69) is 17.0 Å². The van der Waals surface area contributed by atoms with Crippen molar-refractivity contribution in [3.63, 3.8) is 0 Å². The monoisotopic (exact) mass is 479 g/mol. The number of sulfonamides is 1. The summed E-state index contributed by atoms with van der Waals surface area (Å²) < 4.78 is 27.1. The third-order valence-corrected chi connectivity index (χ3v) is 8.14. The van der Waals surface area contributed by atoms with E-state index < -0.39 is 10.0 Å². The van der Waals surface area contributed by atoms with Crippen LogP contribution in [-0.4, -0.2) is 85.7 Å². The predicted molar refractivity (Wildman–Crippen MR) is 129 cm³/mol. The maximum atomic E-state index is 13.0. The average molecular weight is 480 g/mol. The van der Waals surface area contributed by atoms with Gasteiger partial charge in [0.25, 0.3) is 5.91 Å². The molecular formula is C25H29N5O3S. The Morgan fingerprint density at radius 1 is 0.853 bits per heavy atom. The van der Waals surface area contributed by atoms with E-state index in [1.165, 1.54) is 9.87 Å². The number of benzene rings is 2. The van der Waals surface area contributed by atoms with E-state index in [0.717, 1.165) is 19.6 Å². The smallest absolute Gasteiger partial charge is 0.266 e. The Morgan fingerprint density at radius 3 is 2.03 bits per heavy atom. The van der Waals surface area contributed by atoms with Gasteiger partial charge in [-0.05, 0) is 17.7 Å². The molecule has 0 saturated carbocycles. The molecule has 0 N–H and O–H groups in total. The number of carbonyl (C=O) groups excluding carboxylic acids is 1. The first-order valence-electron chi connectivity index (χ1n) is 11.4. The lowest BCUT2D eigenvalue weighted by atomic mass is 10.2. The van der Waals surface area contributed by atoms with Gasteiger partial charge in [0, 0.05) is 65.1 Å². The van der Waals surface area contributed by atoms with Crippen molar-refractivity contribution < 1.29 is 13.2 Å². The summed E-state index contributed by atoms with van der Waals surface area (Å²) >= 11 is 0. The highest BCUT2D eigenvalue weighted by Gasteiger charge is 2.29. The molecule has 2 heterocycles. The molecule has 0 radical (unpaired) electrons. The van der Waals surface area contributed by atoms with Gasteiger partial charge in [-0.1, -0.05) is 48.5 Å². The lowest BCUT2D eigenvalue weighted by molar-refractivity contribution is -0.128. The second kappa shape index (κ2) is 10.8. The standard InChI is InChI=1S/C25H29N5O3S/c26-19-23(25(31)29-15-11-27(12-16-29)20-22-7-3-1-4-8-22)21-28-13-17-30(18-14-28)34(32,33)24-9-5-2-6-10-24/h1-10,21H,11-18,20H2/b23-21-. The van der Waals surface area contributed by atoms with E-state index in [0.29, 0.717) is 39.3 Å². The fourth-order valence-electron chi connectivity index (χ4n) is 4.25. The van der Waals surface area contributed by atoms with Gasteiger partial charge in [0.05, 0.1) is 4.90 Å². The number of nitriles is 1. The molecule has 34 heavy (non-hydrogen) atoms. The van der Waals surface area contributed by atoms with Crippen molar-refractivity contribution in [2.24, 2.45) is 0 Å². The molecule has 8 nitrogen and oxygen atoms in total. The second-order valence-corrected chi connectivity index (χ2v) is 10.4. The molecule has 0 unspecified atom stereocenters. The van der Waals surface area contributed by atoms with Crippen molar-refractivity contribution in [3.8, 4) is 6.07 Å². The van der Waals surface area contributed by atoms with Gasteiger partial charge in [0.2, 0.25) is 10.0 Å². The van der Waals surface area contributed by atoms with Gasteiger partial charge in [0.1, 0.15) is 11.6 Å². The molecule has 2 aromatic rings. The highest BCUT2D eigenvalue weighted by molar-refractivity contribution is 7.89. The van der Waals surface area contributed by atoms with Gasteiger partial charge < -0.3 is 9.80 Å². The van der Waals surface area contributed by atoms with Gasteiger partial charge in [-0.2, -0.15) is 9.57 Å². The minimum atomic E-state index is -3.54. The quantitative estimate of drug-likeness (QED) is 0.463. The van der Waals surface area contributed by atoms with Crippen LogP contribution in [0.2, 0.25) is 0 Å². The molecule has 0 bridgehead atoms. The van der Waals surface area contributed by atoms with E-state index in [-0.39, 0.29) is 16.4 Å². The Kier molecular flexibility index (Phi) is 7.63. The molecule has 0 spiro atoms. The topological polar surface area (TPSA) is 88.0 Å². The maximum absolute atomic E-state index is 13.0. The third kappa shape index (κ3) is 5.65. The highest BCUT2D eigenvalue weighted by atomic mass is 32.2.